The van der Waals surface area contributed by atoms with E-state index in [0.29, 0.717) is 5.54 Å². The highest BCUT2D eigenvalue weighted by Crippen LogP contribution is 2.38. The van der Waals surface area contributed by atoms with Crippen molar-refractivity contribution in [2.45, 2.75) is 89.8 Å². The average Bonchev–Trinajstić information content (AvgIpc) is 3.09. The Kier molecular flexibility index (Phi) is 4.42. The van der Waals surface area contributed by atoms with Gasteiger partial charge >= 0.3 is 0 Å². The van der Waals surface area contributed by atoms with E-state index in [4.69, 9.17) is 0 Å². The van der Waals surface area contributed by atoms with E-state index in [1.807, 2.05) is 0 Å². The molecule has 20 heavy (non-hydrogen) atoms. The number of nitrogens with one attached hydrogen (secondary N) is 1. The van der Waals surface area contributed by atoms with Crippen molar-refractivity contribution >= 4 is 0 Å². The van der Waals surface area contributed by atoms with E-state index < -0.39 is 0 Å². The second kappa shape index (κ2) is 5.96. The molecule has 3 rings (SSSR count). The van der Waals surface area contributed by atoms with Gasteiger partial charge < -0.3 is 5.32 Å². The van der Waals surface area contributed by atoms with Crippen molar-refractivity contribution in [3.63, 3.8) is 0 Å². The van der Waals surface area contributed by atoms with Gasteiger partial charge in [-0.15, -0.1) is 0 Å². The van der Waals surface area contributed by atoms with Crippen molar-refractivity contribution in [3.05, 3.63) is 0 Å². The summed E-state index contributed by atoms with van der Waals surface area (Å²) >= 11 is 0. The maximum Gasteiger partial charge on any atom is 0.0309 e. The van der Waals surface area contributed by atoms with Crippen LogP contribution in [-0.2, 0) is 0 Å². The fraction of sp³-hybridized carbons (Fsp3) is 1.00. The predicted molar refractivity (Wildman–Crippen MR) is 86.0 cm³/mol. The van der Waals surface area contributed by atoms with Crippen LogP contribution < -0.4 is 5.32 Å². The van der Waals surface area contributed by atoms with Crippen LogP contribution in [-0.4, -0.2) is 35.6 Å². The number of nitrogens with zero attached hydrogens (tertiary/aromatic N) is 1. The van der Waals surface area contributed by atoms with Crippen LogP contribution in [0.2, 0.25) is 0 Å². The highest BCUT2D eigenvalue weighted by Gasteiger charge is 2.44. The lowest BCUT2D eigenvalue weighted by molar-refractivity contribution is 0.00845. The molecular formula is C18H34N2. The number of hydrogen-bond acceptors (Lipinski definition) is 2. The Balaban J connectivity index is 1.74. The maximum atomic E-state index is 3.96. The molecule has 3 fully saturated rings. The Morgan fingerprint density at radius 1 is 1.00 bits per heavy atom. The zero-order chi connectivity index (χ0) is 14.2. The molecule has 116 valence electrons. The van der Waals surface area contributed by atoms with E-state index in [9.17, 15) is 0 Å². The molecule has 0 bridgehead atoms. The summed E-state index contributed by atoms with van der Waals surface area (Å²) in [6, 6.07) is 1.54. The summed E-state index contributed by atoms with van der Waals surface area (Å²) in [7, 11) is 0. The van der Waals surface area contributed by atoms with Crippen molar-refractivity contribution in [2.24, 2.45) is 11.8 Å². The molecule has 0 radical (unpaired) electrons. The molecule has 0 aromatic carbocycles. The van der Waals surface area contributed by atoms with Crippen LogP contribution in [0.25, 0.3) is 0 Å². The number of hydrogen-bond donors (Lipinski definition) is 1. The Morgan fingerprint density at radius 3 is 2.25 bits per heavy atom. The van der Waals surface area contributed by atoms with Crippen LogP contribution in [0.4, 0.5) is 0 Å². The van der Waals surface area contributed by atoms with Gasteiger partial charge in [0.15, 0.2) is 0 Å². The van der Waals surface area contributed by atoms with Crippen LogP contribution in [0.3, 0.4) is 0 Å². The van der Waals surface area contributed by atoms with Crippen LogP contribution in [0.15, 0.2) is 0 Å². The van der Waals surface area contributed by atoms with Gasteiger partial charge in [-0.2, -0.15) is 0 Å². The molecule has 1 N–H and O–H groups in total. The van der Waals surface area contributed by atoms with Gasteiger partial charge in [0.2, 0.25) is 0 Å². The van der Waals surface area contributed by atoms with E-state index in [1.165, 1.54) is 64.5 Å². The topological polar surface area (TPSA) is 15.3 Å². The first-order chi connectivity index (χ1) is 9.61. The standard InChI is InChI=1S/C18H34N2/c1-14(2)17-12-19-18(10-6-7-11-18)13-20(17)15(3)16-8-4-5-9-16/h14-17,19H,4-13H2,1-3H3. The van der Waals surface area contributed by atoms with E-state index >= 15 is 0 Å². The first-order valence-electron chi connectivity index (χ1n) is 9.12. The molecule has 0 aromatic heterocycles. The molecule has 3 aliphatic rings. The smallest absolute Gasteiger partial charge is 0.0309 e. The highest BCUT2D eigenvalue weighted by molar-refractivity contribution is 5.03. The first kappa shape index (κ1) is 14.8. The molecule has 2 saturated carbocycles. The molecule has 2 unspecified atom stereocenters. The Bertz CT molecular complexity index is 313. The second-order valence-corrected chi connectivity index (χ2v) is 8.14. The van der Waals surface area contributed by atoms with E-state index in [0.717, 1.165) is 23.9 Å². The molecule has 2 aliphatic carbocycles. The molecule has 1 saturated heterocycles. The second-order valence-electron chi connectivity index (χ2n) is 8.14. The minimum absolute atomic E-state index is 0.470. The van der Waals surface area contributed by atoms with Crippen molar-refractivity contribution < 1.29 is 0 Å². The van der Waals surface area contributed by atoms with E-state index in [-0.39, 0.29) is 0 Å². The van der Waals surface area contributed by atoms with Crippen LogP contribution in [0.5, 0.6) is 0 Å². The average molecular weight is 278 g/mol. The molecule has 1 aliphatic heterocycles. The quantitative estimate of drug-likeness (QED) is 0.844. The van der Waals surface area contributed by atoms with Crippen LogP contribution in [0, 0.1) is 11.8 Å². The predicted octanol–water partition coefficient (Wildman–Crippen LogP) is 3.81. The zero-order valence-electron chi connectivity index (χ0n) is 13.8. The summed E-state index contributed by atoms with van der Waals surface area (Å²) in [6.45, 7) is 9.88. The van der Waals surface area contributed by atoms with Crippen molar-refractivity contribution in [1.29, 1.82) is 0 Å². The monoisotopic (exact) mass is 278 g/mol. The normalized spacial score (nSPS) is 33.3. The van der Waals surface area contributed by atoms with Gasteiger partial charge in [-0.1, -0.05) is 39.5 Å². The number of piperazine rings is 1. The van der Waals surface area contributed by atoms with Gasteiger partial charge in [0, 0.05) is 30.7 Å². The van der Waals surface area contributed by atoms with Gasteiger partial charge in [-0.25, -0.2) is 0 Å². The van der Waals surface area contributed by atoms with Gasteiger partial charge in [0.1, 0.15) is 0 Å². The minimum atomic E-state index is 0.470. The first-order valence-corrected chi connectivity index (χ1v) is 9.12. The molecule has 2 heteroatoms. The lowest BCUT2D eigenvalue weighted by Gasteiger charge is -2.51. The van der Waals surface area contributed by atoms with Crippen LogP contribution >= 0.6 is 0 Å². The molecule has 2 nitrogen and oxygen atoms in total. The fourth-order valence-electron chi connectivity index (χ4n) is 5.12. The Morgan fingerprint density at radius 2 is 1.65 bits per heavy atom. The summed E-state index contributed by atoms with van der Waals surface area (Å²) in [5.41, 5.74) is 0.470. The van der Waals surface area contributed by atoms with Crippen LogP contribution in [0.1, 0.15) is 72.1 Å². The van der Waals surface area contributed by atoms with Crippen molar-refractivity contribution in [2.75, 3.05) is 13.1 Å². The SMILES string of the molecule is CC(C)C1CNC2(CCCC2)CN1C(C)C1CCCC1. The molecule has 1 heterocycles. The third-order valence-electron chi connectivity index (χ3n) is 6.53. The lowest BCUT2D eigenvalue weighted by Crippen LogP contribution is -2.66. The van der Waals surface area contributed by atoms with Gasteiger partial charge in [-0.3, -0.25) is 4.90 Å². The largest absolute Gasteiger partial charge is 0.308 e. The van der Waals surface area contributed by atoms with Gasteiger partial charge in [-0.05, 0) is 44.4 Å². The Hall–Kier alpha value is -0.0800. The van der Waals surface area contributed by atoms with E-state index in [1.54, 1.807) is 0 Å². The molecule has 0 amide bonds. The summed E-state index contributed by atoms with van der Waals surface area (Å²) in [4.78, 5) is 2.92. The fourth-order valence-corrected chi connectivity index (χ4v) is 5.12. The maximum absolute atomic E-state index is 3.96. The van der Waals surface area contributed by atoms with Gasteiger partial charge in [0.25, 0.3) is 0 Å². The third-order valence-corrected chi connectivity index (χ3v) is 6.53. The zero-order valence-corrected chi connectivity index (χ0v) is 13.8. The summed E-state index contributed by atoms with van der Waals surface area (Å²) in [5, 5.41) is 3.96. The summed E-state index contributed by atoms with van der Waals surface area (Å²) in [6.07, 6.45) is 11.6. The molecule has 2 atom stereocenters. The summed E-state index contributed by atoms with van der Waals surface area (Å²) < 4.78 is 0. The lowest BCUT2D eigenvalue weighted by atomic mass is 9.85. The molecular weight excluding hydrogens is 244 g/mol. The van der Waals surface area contributed by atoms with E-state index in [2.05, 4.69) is 31.0 Å². The molecule has 1 spiro atoms. The highest BCUT2D eigenvalue weighted by atomic mass is 15.3. The van der Waals surface area contributed by atoms with Crippen molar-refractivity contribution in [3.8, 4) is 0 Å². The Labute approximate surface area is 125 Å². The minimum Gasteiger partial charge on any atom is -0.308 e. The number of rotatable bonds is 3. The van der Waals surface area contributed by atoms with Crippen molar-refractivity contribution in [1.82, 2.24) is 10.2 Å². The summed E-state index contributed by atoms with van der Waals surface area (Å²) in [5.74, 6) is 1.73. The third kappa shape index (κ3) is 2.78. The van der Waals surface area contributed by atoms with Gasteiger partial charge in [0.05, 0.1) is 0 Å². The molecule has 0 aromatic rings.